The van der Waals surface area contributed by atoms with Crippen LogP contribution >= 0.6 is 0 Å². The van der Waals surface area contributed by atoms with Crippen LogP contribution in [-0.4, -0.2) is 32.8 Å². The fraction of sp³-hybridized carbons (Fsp3) is 0.417. The highest BCUT2D eigenvalue weighted by molar-refractivity contribution is 5.70. The highest BCUT2D eigenvalue weighted by Crippen LogP contribution is 2.16. The number of quaternary nitrogens is 1. The maximum absolute atomic E-state index is 10.5. The predicted molar refractivity (Wildman–Crippen MR) is 61.7 cm³/mol. The number of hydrogen-bond acceptors (Lipinski definition) is 2. The van der Waals surface area contributed by atoms with E-state index in [2.05, 4.69) is 51.4 Å². The molecule has 0 N–H and O–H groups in total. The van der Waals surface area contributed by atoms with Crippen molar-refractivity contribution >= 4 is 11.7 Å². The van der Waals surface area contributed by atoms with Gasteiger partial charge in [-0.3, -0.25) is 4.48 Å². The van der Waals surface area contributed by atoms with E-state index in [4.69, 9.17) is 9.90 Å². The number of aliphatic carboxylic acids is 1. The van der Waals surface area contributed by atoms with Gasteiger partial charge in [0.05, 0.1) is 20.6 Å². The first-order valence-corrected chi connectivity index (χ1v) is 5.28. The summed E-state index contributed by atoms with van der Waals surface area (Å²) in [7, 11) is 4.44. The molecule has 18 heavy (non-hydrogen) atoms. The molecule has 102 valence electrons. The van der Waals surface area contributed by atoms with Crippen LogP contribution in [0.25, 0.3) is 0 Å². The average molecular weight is 263 g/mol. The molecule has 0 heterocycles. The zero-order chi connectivity index (χ0) is 14.4. The zero-order valence-corrected chi connectivity index (χ0v) is 10.5. The van der Waals surface area contributed by atoms with Gasteiger partial charge >= 0.3 is 6.18 Å². The van der Waals surface area contributed by atoms with Crippen molar-refractivity contribution in [2.45, 2.75) is 13.1 Å². The third kappa shape index (κ3) is 5.67. The standard InChI is InChI=1S/C10H16N.C2HF3O2/c1-4-11(2,3)10-8-6-5-7-9-10;3-2(4,5)1(6)7/h5-9H,4H2,1-3H3;(H,6,7)/q+1;/p-1. The van der Waals surface area contributed by atoms with Crippen molar-refractivity contribution in [3.63, 3.8) is 0 Å². The lowest BCUT2D eigenvalue weighted by Crippen LogP contribution is -2.39. The zero-order valence-electron chi connectivity index (χ0n) is 10.5. The topological polar surface area (TPSA) is 40.1 Å². The van der Waals surface area contributed by atoms with E-state index in [1.54, 1.807) is 0 Å². The lowest BCUT2D eigenvalue weighted by Gasteiger charge is -2.27. The second-order valence-corrected chi connectivity index (χ2v) is 4.12. The van der Waals surface area contributed by atoms with Gasteiger partial charge in [0.15, 0.2) is 0 Å². The van der Waals surface area contributed by atoms with Crippen LogP contribution < -0.4 is 9.59 Å². The number of para-hydroxylation sites is 1. The molecule has 0 saturated carbocycles. The normalized spacial score (nSPS) is 11.4. The molecule has 1 rings (SSSR count). The van der Waals surface area contributed by atoms with Crippen LogP contribution in [0.1, 0.15) is 6.92 Å². The summed E-state index contributed by atoms with van der Waals surface area (Å²) in [5.74, 6) is -3.01. The summed E-state index contributed by atoms with van der Waals surface area (Å²) >= 11 is 0. The maximum Gasteiger partial charge on any atom is 0.430 e. The number of hydrogen-bond donors (Lipinski definition) is 0. The van der Waals surface area contributed by atoms with Gasteiger partial charge in [0, 0.05) is 0 Å². The van der Waals surface area contributed by atoms with Crippen molar-refractivity contribution in [2.75, 3.05) is 20.6 Å². The Hall–Kier alpha value is -1.56. The minimum Gasteiger partial charge on any atom is -0.542 e. The van der Waals surface area contributed by atoms with Gasteiger partial charge < -0.3 is 9.90 Å². The van der Waals surface area contributed by atoms with Crippen molar-refractivity contribution in [1.82, 2.24) is 4.48 Å². The van der Waals surface area contributed by atoms with Gasteiger partial charge in [-0.25, -0.2) is 0 Å². The molecule has 0 aliphatic heterocycles. The number of carboxylic acids is 1. The molecule has 6 heteroatoms. The van der Waals surface area contributed by atoms with Gasteiger partial charge in [0.1, 0.15) is 11.7 Å². The Balaban J connectivity index is 0.000000360. The van der Waals surface area contributed by atoms with Gasteiger partial charge in [-0.1, -0.05) is 18.2 Å². The summed E-state index contributed by atoms with van der Waals surface area (Å²) in [4.78, 5) is 8.78. The fourth-order valence-corrected chi connectivity index (χ4v) is 1.01. The molecule has 0 bridgehead atoms. The van der Waals surface area contributed by atoms with Crippen molar-refractivity contribution < 1.29 is 23.1 Å². The number of carbonyl (C=O) groups excluding carboxylic acids is 1. The molecule has 1 aromatic carbocycles. The van der Waals surface area contributed by atoms with Gasteiger partial charge in [0.2, 0.25) is 0 Å². The Morgan fingerprint density at radius 3 is 1.89 bits per heavy atom. The number of carbonyl (C=O) groups is 1. The van der Waals surface area contributed by atoms with Gasteiger partial charge in [-0.15, -0.1) is 0 Å². The molecular weight excluding hydrogens is 247 g/mol. The van der Waals surface area contributed by atoms with Crippen molar-refractivity contribution in [1.29, 1.82) is 0 Å². The summed E-state index contributed by atoms with van der Waals surface area (Å²) in [5, 5.41) is 8.78. The van der Waals surface area contributed by atoms with Crippen LogP contribution in [0.15, 0.2) is 30.3 Å². The molecule has 0 radical (unpaired) electrons. The SMILES string of the molecule is CC[N+](C)(C)c1ccccc1.O=C([O-])C(F)(F)F. The van der Waals surface area contributed by atoms with E-state index in [0.29, 0.717) is 0 Å². The Kier molecular flexibility index (Phi) is 5.84. The summed E-state index contributed by atoms with van der Waals surface area (Å²) in [6.07, 6.45) is -5.19. The van der Waals surface area contributed by atoms with Crippen LogP contribution in [0.3, 0.4) is 0 Å². The molecule has 0 aliphatic rings. The first-order valence-electron chi connectivity index (χ1n) is 5.28. The molecule has 0 fully saturated rings. The molecular formula is C12H16F3NO2. The van der Waals surface area contributed by atoms with Crippen LogP contribution in [0.4, 0.5) is 18.9 Å². The molecule has 0 unspecified atom stereocenters. The third-order valence-electron chi connectivity index (χ3n) is 2.48. The number of benzene rings is 1. The quantitative estimate of drug-likeness (QED) is 0.760. The minimum absolute atomic E-state index is 0.959. The average Bonchev–Trinajstić information content (AvgIpc) is 2.30. The summed E-state index contributed by atoms with van der Waals surface area (Å²) in [6.45, 7) is 3.33. The van der Waals surface area contributed by atoms with Crippen molar-refractivity contribution in [3.05, 3.63) is 30.3 Å². The number of alkyl halides is 3. The second kappa shape index (κ2) is 6.39. The summed E-state index contributed by atoms with van der Waals surface area (Å²) in [5.41, 5.74) is 1.37. The highest BCUT2D eigenvalue weighted by Gasteiger charge is 2.28. The Morgan fingerprint density at radius 2 is 1.61 bits per heavy atom. The van der Waals surface area contributed by atoms with Gasteiger partial charge in [-0.05, 0) is 19.1 Å². The molecule has 3 nitrogen and oxygen atoms in total. The van der Waals surface area contributed by atoms with Gasteiger partial charge in [0.25, 0.3) is 0 Å². The number of nitrogens with zero attached hydrogens (tertiary/aromatic N) is 1. The Labute approximate surface area is 104 Å². The van der Waals surface area contributed by atoms with E-state index in [1.807, 2.05) is 0 Å². The molecule has 1 aromatic rings. The first kappa shape index (κ1) is 16.4. The van der Waals surface area contributed by atoms with E-state index in [9.17, 15) is 13.2 Å². The molecule has 0 aliphatic carbocycles. The number of carboxylic acid groups (broad SMARTS) is 1. The van der Waals surface area contributed by atoms with Crippen LogP contribution in [0.5, 0.6) is 0 Å². The second-order valence-electron chi connectivity index (χ2n) is 4.12. The lowest BCUT2D eigenvalue weighted by molar-refractivity contribution is -0.344. The van der Waals surface area contributed by atoms with Crippen molar-refractivity contribution in [3.8, 4) is 0 Å². The highest BCUT2D eigenvalue weighted by atomic mass is 19.4. The van der Waals surface area contributed by atoms with E-state index in [1.165, 1.54) is 5.69 Å². The van der Waals surface area contributed by atoms with E-state index < -0.39 is 12.1 Å². The summed E-state index contributed by atoms with van der Waals surface area (Å²) < 4.78 is 32.5. The van der Waals surface area contributed by atoms with E-state index in [0.717, 1.165) is 11.0 Å². The lowest BCUT2D eigenvalue weighted by atomic mass is 10.2. The largest absolute Gasteiger partial charge is 0.542 e. The van der Waals surface area contributed by atoms with E-state index >= 15 is 0 Å². The summed E-state index contributed by atoms with van der Waals surface area (Å²) in [6, 6.07) is 10.6. The smallest absolute Gasteiger partial charge is 0.430 e. The Bertz CT molecular complexity index is 375. The monoisotopic (exact) mass is 263 g/mol. The van der Waals surface area contributed by atoms with Crippen LogP contribution in [-0.2, 0) is 4.79 Å². The van der Waals surface area contributed by atoms with Gasteiger partial charge in [-0.2, -0.15) is 13.2 Å². The predicted octanol–water partition coefficient (Wildman–Crippen LogP) is 1.57. The number of halogens is 3. The minimum atomic E-state index is -5.19. The Morgan fingerprint density at radius 1 is 1.22 bits per heavy atom. The molecule has 0 aromatic heterocycles. The first-order chi connectivity index (χ1) is 8.11. The van der Waals surface area contributed by atoms with E-state index in [-0.39, 0.29) is 0 Å². The third-order valence-corrected chi connectivity index (χ3v) is 2.48. The molecule has 0 saturated heterocycles. The van der Waals surface area contributed by atoms with Crippen LogP contribution in [0.2, 0.25) is 0 Å². The molecule has 0 spiro atoms. The molecule has 0 amide bonds. The molecule has 0 atom stereocenters. The number of rotatable bonds is 2. The fourth-order valence-electron chi connectivity index (χ4n) is 1.01. The maximum atomic E-state index is 10.5. The van der Waals surface area contributed by atoms with Crippen molar-refractivity contribution in [2.24, 2.45) is 0 Å². The van der Waals surface area contributed by atoms with Crippen LogP contribution in [0, 0.1) is 0 Å².